The standard InChI is InChI=1S/C8H19N2O5S/c1-5-10(6-2,7-3)16(13,14)9(12)8(11)15-4/h12H,5-7H2,1-4H3/q+1. The number of ether oxygens (including phenoxy) is 1. The van der Waals surface area contributed by atoms with Gasteiger partial charge in [-0.15, -0.1) is 8.42 Å². The molecule has 0 saturated carbocycles. The summed E-state index contributed by atoms with van der Waals surface area (Å²) in [7, 11) is -3.17. The number of amides is 1. The smallest absolute Gasteiger partial charge is 0.450 e. The van der Waals surface area contributed by atoms with E-state index in [1.807, 2.05) is 0 Å². The van der Waals surface area contributed by atoms with Crippen LogP contribution in [0.3, 0.4) is 0 Å². The minimum atomic E-state index is -4.17. The zero-order valence-electron chi connectivity index (χ0n) is 10.0. The molecule has 0 aliphatic heterocycles. The molecule has 0 saturated heterocycles. The molecule has 1 amide bonds. The van der Waals surface area contributed by atoms with Gasteiger partial charge in [-0.3, -0.25) is 5.21 Å². The molecule has 0 atom stereocenters. The molecule has 96 valence electrons. The molecule has 0 fully saturated rings. The van der Waals surface area contributed by atoms with Gasteiger partial charge in [0.15, 0.2) is 0 Å². The summed E-state index contributed by atoms with van der Waals surface area (Å²) in [6, 6.07) is 0. The normalized spacial score (nSPS) is 12.3. The van der Waals surface area contributed by atoms with Crippen molar-refractivity contribution in [2.45, 2.75) is 20.8 Å². The molecule has 0 unspecified atom stereocenters. The number of rotatable bonds is 5. The van der Waals surface area contributed by atoms with Gasteiger partial charge in [-0.25, -0.2) is 4.79 Å². The monoisotopic (exact) mass is 255 g/mol. The Bertz CT molecular complexity index is 328. The first-order valence-electron chi connectivity index (χ1n) is 5.01. The Balaban J connectivity index is 5.40. The fourth-order valence-electron chi connectivity index (χ4n) is 1.50. The van der Waals surface area contributed by atoms with E-state index in [0.717, 1.165) is 7.11 Å². The van der Waals surface area contributed by atoms with Gasteiger partial charge in [0.25, 0.3) is 0 Å². The van der Waals surface area contributed by atoms with E-state index < -0.39 is 20.2 Å². The second-order valence-corrected chi connectivity index (χ2v) is 5.21. The van der Waals surface area contributed by atoms with Crippen molar-refractivity contribution in [2.24, 2.45) is 0 Å². The fraction of sp³-hybridized carbons (Fsp3) is 0.875. The van der Waals surface area contributed by atoms with Crippen molar-refractivity contribution in [1.82, 2.24) is 4.47 Å². The van der Waals surface area contributed by atoms with Crippen LogP contribution in [0.25, 0.3) is 0 Å². The van der Waals surface area contributed by atoms with E-state index in [-0.39, 0.29) is 24.1 Å². The molecule has 0 heterocycles. The molecule has 16 heavy (non-hydrogen) atoms. The minimum Gasteiger partial charge on any atom is -0.450 e. The number of hydrogen-bond donors (Lipinski definition) is 1. The third-order valence-electron chi connectivity index (χ3n) is 2.77. The quantitative estimate of drug-likeness (QED) is 0.441. The molecular weight excluding hydrogens is 236 g/mol. The Morgan fingerprint density at radius 3 is 1.88 bits per heavy atom. The predicted octanol–water partition coefficient (Wildman–Crippen LogP) is 0.565. The number of hydrogen-bond acceptors (Lipinski definition) is 5. The van der Waals surface area contributed by atoms with Crippen molar-refractivity contribution >= 4 is 16.3 Å². The number of hydroxylamine groups is 1. The van der Waals surface area contributed by atoms with Crippen LogP contribution in [0.1, 0.15) is 20.8 Å². The van der Waals surface area contributed by atoms with Crippen LogP contribution in [-0.4, -0.2) is 54.8 Å². The van der Waals surface area contributed by atoms with E-state index in [0.29, 0.717) is 0 Å². The Morgan fingerprint density at radius 1 is 1.25 bits per heavy atom. The maximum atomic E-state index is 12.0. The molecule has 7 nitrogen and oxygen atoms in total. The third-order valence-corrected chi connectivity index (χ3v) is 5.11. The Kier molecular flexibility index (Phi) is 5.17. The Hall–Kier alpha value is -0.860. The first-order chi connectivity index (χ1) is 7.32. The van der Waals surface area contributed by atoms with Gasteiger partial charge in [0.05, 0.1) is 26.7 Å². The van der Waals surface area contributed by atoms with E-state index in [9.17, 15) is 18.4 Å². The number of quaternary nitrogens is 1. The molecule has 0 aliphatic rings. The van der Waals surface area contributed by atoms with Gasteiger partial charge in [-0.2, -0.15) is 3.89 Å². The van der Waals surface area contributed by atoms with Gasteiger partial charge >= 0.3 is 16.3 Å². The summed E-state index contributed by atoms with van der Waals surface area (Å²) in [4.78, 5) is 11.0. The highest BCUT2D eigenvalue weighted by molar-refractivity contribution is 7.83. The molecule has 0 rings (SSSR count). The van der Waals surface area contributed by atoms with Gasteiger partial charge in [0.1, 0.15) is 0 Å². The Labute approximate surface area is 95.9 Å². The van der Waals surface area contributed by atoms with Crippen molar-refractivity contribution in [3.63, 3.8) is 0 Å². The highest BCUT2D eigenvalue weighted by Crippen LogP contribution is 2.18. The maximum Gasteiger partial charge on any atom is 0.452 e. The highest BCUT2D eigenvalue weighted by atomic mass is 32.2. The number of methoxy groups -OCH3 is 1. The van der Waals surface area contributed by atoms with Crippen LogP contribution >= 0.6 is 0 Å². The molecule has 1 N–H and O–H groups in total. The summed E-state index contributed by atoms with van der Waals surface area (Å²) in [6.45, 7) is 5.79. The number of nitrogens with zero attached hydrogens (tertiary/aromatic N) is 2. The van der Waals surface area contributed by atoms with Gasteiger partial charge < -0.3 is 4.74 Å². The lowest BCUT2D eigenvalue weighted by atomic mass is 10.5. The molecular formula is C8H19N2O5S+. The van der Waals surface area contributed by atoms with Crippen LogP contribution < -0.4 is 0 Å². The zero-order chi connectivity index (χ0) is 13.0. The summed E-state index contributed by atoms with van der Waals surface area (Å²) in [5.41, 5.74) is 0. The van der Waals surface area contributed by atoms with Gasteiger partial charge in [0.2, 0.25) is 0 Å². The van der Waals surface area contributed by atoms with Crippen molar-refractivity contribution in [3.05, 3.63) is 0 Å². The first-order valence-corrected chi connectivity index (χ1v) is 6.41. The Morgan fingerprint density at radius 2 is 1.62 bits per heavy atom. The number of carbonyl (C=O) groups is 1. The van der Waals surface area contributed by atoms with E-state index in [1.165, 1.54) is 0 Å². The lowest BCUT2D eigenvalue weighted by molar-refractivity contribution is -0.804. The van der Waals surface area contributed by atoms with E-state index in [4.69, 9.17) is 0 Å². The van der Waals surface area contributed by atoms with E-state index in [2.05, 4.69) is 4.74 Å². The topological polar surface area (TPSA) is 83.9 Å². The molecule has 0 radical (unpaired) electrons. The fourth-order valence-corrected chi connectivity index (χ4v) is 3.07. The van der Waals surface area contributed by atoms with Crippen molar-refractivity contribution in [1.29, 1.82) is 0 Å². The van der Waals surface area contributed by atoms with Crippen molar-refractivity contribution in [2.75, 3.05) is 26.7 Å². The molecule has 0 bridgehead atoms. The summed E-state index contributed by atoms with van der Waals surface area (Å²) in [6.07, 6.45) is -1.31. The second kappa shape index (κ2) is 5.46. The van der Waals surface area contributed by atoms with E-state index >= 15 is 0 Å². The highest BCUT2D eigenvalue weighted by Gasteiger charge is 2.45. The van der Waals surface area contributed by atoms with E-state index in [1.54, 1.807) is 20.8 Å². The summed E-state index contributed by atoms with van der Waals surface area (Å²) in [5, 5.41) is 9.33. The largest absolute Gasteiger partial charge is 0.452 e. The van der Waals surface area contributed by atoms with Crippen LogP contribution in [0.2, 0.25) is 0 Å². The predicted molar refractivity (Wildman–Crippen MR) is 56.8 cm³/mol. The lowest BCUT2D eigenvalue weighted by Crippen LogP contribution is -2.58. The van der Waals surface area contributed by atoms with Gasteiger partial charge in [-0.1, -0.05) is 0 Å². The molecule has 0 aromatic rings. The molecule has 0 aromatic carbocycles. The first kappa shape index (κ1) is 15.1. The average molecular weight is 255 g/mol. The molecule has 8 heteroatoms. The molecule has 0 aliphatic carbocycles. The zero-order valence-corrected chi connectivity index (χ0v) is 10.8. The molecule has 0 aromatic heterocycles. The summed E-state index contributed by atoms with van der Waals surface area (Å²) < 4.78 is 27.4. The van der Waals surface area contributed by atoms with Crippen LogP contribution in [-0.2, 0) is 14.9 Å². The number of carbonyl (C=O) groups excluding carboxylic acids is 1. The minimum absolute atomic E-state index is 0.253. The van der Waals surface area contributed by atoms with Gasteiger partial charge in [-0.05, 0) is 25.2 Å². The molecule has 0 spiro atoms. The lowest BCUT2D eigenvalue weighted by Gasteiger charge is -2.34. The van der Waals surface area contributed by atoms with Gasteiger partial charge in [0, 0.05) is 0 Å². The maximum absolute atomic E-state index is 12.0. The summed E-state index contributed by atoms with van der Waals surface area (Å²) >= 11 is 0. The van der Waals surface area contributed by atoms with Crippen LogP contribution in [0, 0.1) is 0 Å². The van der Waals surface area contributed by atoms with Crippen molar-refractivity contribution in [3.8, 4) is 0 Å². The van der Waals surface area contributed by atoms with Crippen LogP contribution in [0.4, 0.5) is 4.79 Å². The SMILES string of the molecule is CC[N+](CC)(CC)S(=O)(=O)N(O)C(=O)OC. The van der Waals surface area contributed by atoms with Crippen LogP contribution in [0.15, 0.2) is 0 Å². The second-order valence-electron chi connectivity index (χ2n) is 3.20. The third kappa shape index (κ3) is 2.28. The van der Waals surface area contributed by atoms with Crippen molar-refractivity contribution < 1.29 is 27.0 Å². The van der Waals surface area contributed by atoms with Crippen LogP contribution in [0.5, 0.6) is 0 Å². The summed E-state index contributed by atoms with van der Waals surface area (Å²) in [5.74, 6) is 0. The average Bonchev–Trinajstić information content (AvgIpc) is 2.29.